The maximum atomic E-state index is 12.4. The van der Waals surface area contributed by atoms with Crippen LogP contribution >= 0.6 is 0 Å². The number of nitrogens with zero attached hydrogens (tertiary/aromatic N) is 2. The van der Waals surface area contributed by atoms with Crippen molar-refractivity contribution in [1.82, 2.24) is 15.2 Å². The second-order valence-corrected chi connectivity index (χ2v) is 6.49. The number of piperidine rings is 1. The van der Waals surface area contributed by atoms with Gasteiger partial charge in [0.15, 0.2) is 0 Å². The van der Waals surface area contributed by atoms with Gasteiger partial charge in [-0.05, 0) is 37.5 Å². The number of ether oxygens (including phenoxy) is 1. The molecule has 1 saturated heterocycles. The molecule has 1 aromatic carbocycles. The molecule has 1 unspecified atom stereocenters. The Balaban J connectivity index is 1.45. The predicted octanol–water partition coefficient (Wildman–Crippen LogP) is 3.28. The van der Waals surface area contributed by atoms with E-state index in [9.17, 15) is 4.79 Å². The summed E-state index contributed by atoms with van der Waals surface area (Å²) in [5.41, 5.74) is 3.25. The number of nitrogens with one attached hydrogen (secondary N) is 1. The van der Waals surface area contributed by atoms with Crippen molar-refractivity contribution in [1.29, 1.82) is 0 Å². The van der Waals surface area contributed by atoms with Crippen molar-refractivity contribution in [2.75, 3.05) is 13.1 Å². The van der Waals surface area contributed by atoms with Gasteiger partial charge in [-0.2, -0.15) is 0 Å². The maximum Gasteiger partial charge on any atom is 0.317 e. The quantitative estimate of drug-likeness (QED) is 0.909. The summed E-state index contributed by atoms with van der Waals surface area (Å²) in [7, 11) is 0. The summed E-state index contributed by atoms with van der Waals surface area (Å²) in [6.07, 6.45) is 3.78. The van der Waals surface area contributed by atoms with Crippen molar-refractivity contribution in [3.05, 3.63) is 65.5 Å². The molecule has 5 heteroatoms. The number of carbonyl (C=O) groups is 1. The molecule has 1 aliphatic rings. The maximum absolute atomic E-state index is 12.4. The van der Waals surface area contributed by atoms with E-state index in [2.05, 4.69) is 29.4 Å². The number of aryl methyl sites for hydroxylation is 1. The van der Waals surface area contributed by atoms with Gasteiger partial charge in [-0.3, -0.25) is 4.98 Å². The van der Waals surface area contributed by atoms with Crippen molar-refractivity contribution in [3.8, 4) is 0 Å². The standard InChI is InChI=1S/C20H25N3O2/c1-16-7-9-17(10-8-16)13-22-20(24)23-12-4-6-19(14-23)25-15-18-5-2-3-11-21-18/h2-3,5,7-11,19H,4,6,12-15H2,1H3,(H,22,24). The van der Waals surface area contributed by atoms with Gasteiger partial charge in [0.25, 0.3) is 0 Å². The summed E-state index contributed by atoms with van der Waals surface area (Å²) in [6, 6.07) is 14.0. The van der Waals surface area contributed by atoms with Gasteiger partial charge < -0.3 is 15.0 Å². The van der Waals surface area contributed by atoms with Crippen LogP contribution in [0.5, 0.6) is 0 Å². The summed E-state index contributed by atoms with van der Waals surface area (Å²) in [4.78, 5) is 18.5. The minimum atomic E-state index is -0.0216. The zero-order valence-corrected chi connectivity index (χ0v) is 14.6. The van der Waals surface area contributed by atoms with Crippen molar-refractivity contribution in [3.63, 3.8) is 0 Å². The number of aromatic nitrogens is 1. The van der Waals surface area contributed by atoms with Crippen LogP contribution in [-0.2, 0) is 17.9 Å². The number of hydrogen-bond acceptors (Lipinski definition) is 3. The fourth-order valence-electron chi connectivity index (χ4n) is 2.94. The molecule has 1 fully saturated rings. The first kappa shape index (κ1) is 17.4. The molecule has 0 radical (unpaired) electrons. The number of amides is 2. The number of likely N-dealkylation sites (tertiary alicyclic amines) is 1. The molecule has 2 heterocycles. The van der Waals surface area contributed by atoms with Crippen LogP contribution in [0, 0.1) is 6.92 Å². The van der Waals surface area contributed by atoms with E-state index in [-0.39, 0.29) is 12.1 Å². The van der Waals surface area contributed by atoms with Crippen LogP contribution < -0.4 is 5.32 Å². The van der Waals surface area contributed by atoms with Gasteiger partial charge in [0.2, 0.25) is 0 Å². The first-order valence-electron chi connectivity index (χ1n) is 8.80. The van der Waals surface area contributed by atoms with E-state index in [0.717, 1.165) is 30.6 Å². The summed E-state index contributed by atoms with van der Waals surface area (Å²) >= 11 is 0. The van der Waals surface area contributed by atoms with Crippen molar-refractivity contribution in [2.45, 2.75) is 39.0 Å². The Morgan fingerprint density at radius 1 is 1.28 bits per heavy atom. The Hall–Kier alpha value is -2.40. The van der Waals surface area contributed by atoms with Gasteiger partial charge in [-0.1, -0.05) is 35.9 Å². The molecule has 132 valence electrons. The van der Waals surface area contributed by atoms with Gasteiger partial charge in [0.05, 0.1) is 18.4 Å². The van der Waals surface area contributed by atoms with E-state index in [1.807, 2.05) is 35.2 Å². The summed E-state index contributed by atoms with van der Waals surface area (Å²) < 4.78 is 5.94. The van der Waals surface area contributed by atoms with Crippen molar-refractivity contribution in [2.24, 2.45) is 0 Å². The Morgan fingerprint density at radius 2 is 2.12 bits per heavy atom. The van der Waals surface area contributed by atoms with Gasteiger partial charge in [-0.25, -0.2) is 4.79 Å². The highest BCUT2D eigenvalue weighted by molar-refractivity contribution is 5.74. The lowest BCUT2D eigenvalue weighted by molar-refractivity contribution is -0.00168. The molecular weight excluding hydrogens is 314 g/mol. The Bertz CT molecular complexity index is 673. The lowest BCUT2D eigenvalue weighted by atomic mass is 10.1. The average molecular weight is 339 g/mol. The second-order valence-electron chi connectivity index (χ2n) is 6.49. The molecule has 2 aromatic rings. The summed E-state index contributed by atoms with van der Waals surface area (Å²) in [6.45, 7) is 4.51. The molecule has 1 atom stereocenters. The lowest BCUT2D eigenvalue weighted by Crippen LogP contribution is -2.47. The summed E-state index contributed by atoms with van der Waals surface area (Å²) in [5, 5.41) is 3.00. The van der Waals surface area contributed by atoms with Crippen LogP contribution in [0.15, 0.2) is 48.7 Å². The van der Waals surface area contributed by atoms with E-state index in [1.165, 1.54) is 5.56 Å². The number of pyridine rings is 1. The molecule has 2 amide bonds. The minimum Gasteiger partial charge on any atom is -0.370 e. The van der Waals surface area contributed by atoms with E-state index in [1.54, 1.807) is 6.20 Å². The third-order valence-corrected chi connectivity index (χ3v) is 4.42. The average Bonchev–Trinajstić information content (AvgIpc) is 2.67. The minimum absolute atomic E-state index is 0.0216. The molecule has 0 saturated carbocycles. The number of benzene rings is 1. The highest BCUT2D eigenvalue weighted by Crippen LogP contribution is 2.15. The van der Waals surface area contributed by atoms with E-state index in [4.69, 9.17) is 4.74 Å². The predicted molar refractivity (Wildman–Crippen MR) is 97.0 cm³/mol. The van der Waals surface area contributed by atoms with Crippen LogP contribution in [-0.4, -0.2) is 35.1 Å². The van der Waals surface area contributed by atoms with Gasteiger partial charge in [0.1, 0.15) is 0 Å². The zero-order chi connectivity index (χ0) is 17.5. The van der Waals surface area contributed by atoms with E-state index in [0.29, 0.717) is 19.7 Å². The number of urea groups is 1. The van der Waals surface area contributed by atoms with Crippen LogP contribution in [0.1, 0.15) is 29.7 Å². The first-order chi connectivity index (χ1) is 12.2. The van der Waals surface area contributed by atoms with E-state index < -0.39 is 0 Å². The van der Waals surface area contributed by atoms with Gasteiger partial charge in [0, 0.05) is 25.8 Å². The molecule has 1 aliphatic heterocycles. The molecule has 0 spiro atoms. The highest BCUT2D eigenvalue weighted by Gasteiger charge is 2.24. The first-order valence-corrected chi connectivity index (χ1v) is 8.80. The smallest absolute Gasteiger partial charge is 0.317 e. The number of hydrogen-bond donors (Lipinski definition) is 1. The van der Waals surface area contributed by atoms with Gasteiger partial charge >= 0.3 is 6.03 Å². The molecule has 1 N–H and O–H groups in total. The van der Waals surface area contributed by atoms with Crippen LogP contribution in [0.3, 0.4) is 0 Å². The van der Waals surface area contributed by atoms with E-state index >= 15 is 0 Å². The lowest BCUT2D eigenvalue weighted by Gasteiger charge is -2.32. The SMILES string of the molecule is Cc1ccc(CNC(=O)N2CCCC(OCc3ccccn3)C2)cc1. The number of carbonyl (C=O) groups excluding carboxylic acids is 1. The van der Waals surface area contributed by atoms with Crippen molar-refractivity contribution >= 4 is 6.03 Å². The molecule has 5 nitrogen and oxygen atoms in total. The second kappa shape index (κ2) is 8.62. The van der Waals surface area contributed by atoms with Crippen molar-refractivity contribution < 1.29 is 9.53 Å². The molecule has 3 rings (SSSR count). The van der Waals surface area contributed by atoms with Crippen LogP contribution in [0.4, 0.5) is 4.79 Å². The molecule has 25 heavy (non-hydrogen) atoms. The number of rotatable bonds is 5. The fourth-order valence-corrected chi connectivity index (χ4v) is 2.94. The van der Waals surface area contributed by atoms with Crippen LogP contribution in [0.2, 0.25) is 0 Å². The Labute approximate surface area is 149 Å². The third kappa shape index (κ3) is 5.29. The monoisotopic (exact) mass is 339 g/mol. The fraction of sp³-hybridized carbons (Fsp3) is 0.400. The Kier molecular flexibility index (Phi) is 6.01. The highest BCUT2D eigenvalue weighted by atomic mass is 16.5. The topological polar surface area (TPSA) is 54.5 Å². The van der Waals surface area contributed by atoms with Gasteiger partial charge in [-0.15, -0.1) is 0 Å². The Morgan fingerprint density at radius 3 is 2.88 bits per heavy atom. The largest absolute Gasteiger partial charge is 0.370 e. The zero-order valence-electron chi connectivity index (χ0n) is 14.6. The molecule has 1 aromatic heterocycles. The third-order valence-electron chi connectivity index (χ3n) is 4.42. The normalized spacial score (nSPS) is 17.3. The molecule has 0 aliphatic carbocycles. The van der Waals surface area contributed by atoms with Crippen LogP contribution in [0.25, 0.3) is 0 Å². The molecule has 0 bridgehead atoms. The molecular formula is C20H25N3O2. The summed E-state index contributed by atoms with van der Waals surface area (Å²) in [5.74, 6) is 0.